The van der Waals surface area contributed by atoms with Crippen molar-refractivity contribution >= 4 is 41.6 Å². The Kier molecular flexibility index (Phi) is 7.76. The molecule has 1 saturated carbocycles. The summed E-state index contributed by atoms with van der Waals surface area (Å²) in [5.74, 6) is 0.560. The zero-order chi connectivity index (χ0) is 14.7. The minimum absolute atomic E-state index is 0. The topological polar surface area (TPSA) is 68.0 Å². The minimum atomic E-state index is 0. The average molecular weight is 356 g/mol. The number of nitrogens with two attached hydrogens (primary N) is 1. The Bertz CT molecular complexity index is 645. The van der Waals surface area contributed by atoms with Gasteiger partial charge in [0.05, 0.1) is 5.52 Å². The standard InChI is InChI=1S/C17H21N3O.2ClH/c18-10-13-5-2-8-15(13)17(21)20-11-14-6-1-4-12-7-3-9-19-16(12)14;;/h1,3-4,6-7,9,13,15H,2,5,8,10-11,18H2,(H,20,21);2*1H/t13-,15-;;/m1../s1. The van der Waals surface area contributed by atoms with E-state index in [-0.39, 0.29) is 36.6 Å². The van der Waals surface area contributed by atoms with Gasteiger partial charge in [0.15, 0.2) is 0 Å². The highest BCUT2D eigenvalue weighted by atomic mass is 35.5. The summed E-state index contributed by atoms with van der Waals surface area (Å²) in [5.41, 5.74) is 7.77. The van der Waals surface area contributed by atoms with Crippen molar-refractivity contribution in [1.29, 1.82) is 0 Å². The van der Waals surface area contributed by atoms with Gasteiger partial charge < -0.3 is 11.1 Å². The summed E-state index contributed by atoms with van der Waals surface area (Å²) in [6.07, 6.45) is 4.93. The number of hydrogen-bond donors (Lipinski definition) is 2. The fraction of sp³-hybridized carbons (Fsp3) is 0.412. The van der Waals surface area contributed by atoms with Crippen LogP contribution in [0.4, 0.5) is 0 Å². The predicted octanol–water partition coefficient (Wildman–Crippen LogP) is 3.07. The molecule has 0 saturated heterocycles. The summed E-state index contributed by atoms with van der Waals surface area (Å²) in [7, 11) is 0. The van der Waals surface area contributed by atoms with Crippen LogP contribution in [0.25, 0.3) is 10.9 Å². The highest BCUT2D eigenvalue weighted by Gasteiger charge is 2.31. The first-order valence-electron chi connectivity index (χ1n) is 7.60. The van der Waals surface area contributed by atoms with E-state index in [1.54, 1.807) is 6.20 Å². The number of pyridine rings is 1. The Morgan fingerprint density at radius 3 is 2.78 bits per heavy atom. The molecule has 4 nitrogen and oxygen atoms in total. The maximum Gasteiger partial charge on any atom is 0.223 e. The second kappa shape index (κ2) is 9.06. The predicted molar refractivity (Wildman–Crippen MR) is 98.0 cm³/mol. The van der Waals surface area contributed by atoms with Gasteiger partial charge in [0.1, 0.15) is 0 Å². The van der Waals surface area contributed by atoms with Crippen LogP contribution in [0, 0.1) is 11.8 Å². The molecule has 0 unspecified atom stereocenters. The molecule has 1 heterocycles. The lowest BCUT2D eigenvalue weighted by Crippen LogP contribution is -2.34. The zero-order valence-electron chi connectivity index (χ0n) is 12.9. The zero-order valence-corrected chi connectivity index (χ0v) is 14.5. The van der Waals surface area contributed by atoms with Gasteiger partial charge in [-0.15, -0.1) is 24.8 Å². The van der Waals surface area contributed by atoms with Crippen LogP contribution in [0.5, 0.6) is 0 Å². The number of rotatable bonds is 4. The summed E-state index contributed by atoms with van der Waals surface area (Å²) < 4.78 is 0. The normalized spacial score (nSPS) is 19.7. The smallest absolute Gasteiger partial charge is 0.223 e. The van der Waals surface area contributed by atoms with Crippen LogP contribution in [-0.2, 0) is 11.3 Å². The molecule has 3 rings (SSSR count). The molecule has 3 N–H and O–H groups in total. The lowest BCUT2D eigenvalue weighted by atomic mass is 9.95. The van der Waals surface area contributed by atoms with E-state index in [0.29, 0.717) is 19.0 Å². The molecule has 126 valence electrons. The largest absolute Gasteiger partial charge is 0.352 e. The van der Waals surface area contributed by atoms with E-state index in [0.717, 1.165) is 35.7 Å². The Labute approximate surface area is 149 Å². The van der Waals surface area contributed by atoms with E-state index in [2.05, 4.69) is 10.3 Å². The lowest BCUT2D eigenvalue weighted by Gasteiger charge is -2.17. The van der Waals surface area contributed by atoms with Crippen LogP contribution in [0.3, 0.4) is 0 Å². The van der Waals surface area contributed by atoms with Crippen LogP contribution >= 0.6 is 24.8 Å². The van der Waals surface area contributed by atoms with Gasteiger partial charge in [0.2, 0.25) is 5.91 Å². The molecule has 1 aliphatic rings. The number of aromatic nitrogens is 1. The van der Waals surface area contributed by atoms with Crippen molar-refractivity contribution in [1.82, 2.24) is 10.3 Å². The molecule has 1 aromatic carbocycles. The van der Waals surface area contributed by atoms with Crippen molar-refractivity contribution in [2.24, 2.45) is 17.6 Å². The van der Waals surface area contributed by atoms with Crippen LogP contribution in [0.15, 0.2) is 36.5 Å². The molecule has 1 amide bonds. The number of nitrogens with one attached hydrogen (secondary N) is 1. The summed E-state index contributed by atoms with van der Waals surface area (Å²) in [4.78, 5) is 16.8. The van der Waals surface area contributed by atoms with Crippen molar-refractivity contribution in [3.05, 3.63) is 42.1 Å². The molecule has 0 spiro atoms. The molecule has 1 aromatic heterocycles. The third kappa shape index (κ3) is 4.34. The van der Waals surface area contributed by atoms with Gasteiger partial charge in [-0.2, -0.15) is 0 Å². The number of nitrogens with zero attached hydrogens (tertiary/aromatic N) is 1. The van der Waals surface area contributed by atoms with Crippen LogP contribution < -0.4 is 11.1 Å². The fourth-order valence-corrected chi connectivity index (χ4v) is 3.29. The van der Waals surface area contributed by atoms with Crippen molar-refractivity contribution in [2.45, 2.75) is 25.8 Å². The summed E-state index contributed by atoms with van der Waals surface area (Å²) in [6.45, 7) is 1.13. The molecule has 0 aliphatic heterocycles. The van der Waals surface area contributed by atoms with Gasteiger partial charge in [-0.25, -0.2) is 0 Å². The quantitative estimate of drug-likeness (QED) is 0.885. The number of carbonyl (C=O) groups is 1. The fourth-order valence-electron chi connectivity index (χ4n) is 3.29. The number of hydrogen-bond acceptors (Lipinski definition) is 3. The number of halogens is 2. The summed E-state index contributed by atoms with van der Waals surface area (Å²) >= 11 is 0. The SMILES string of the molecule is Cl.Cl.NC[C@H]1CCC[C@H]1C(=O)NCc1cccc2cccnc12. The second-order valence-corrected chi connectivity index (χ2v) is 5.74. The monoisotopic (exact) mass is 355 g/mol. The van der Waals surface area contributed by atoms with Crippen LogP contribution in [0.2, 0.25) is 0 Å². The first-order valence-corrected chi connectivity index (χ1v) is 7.60. The summed E-state index contributed by atoms with van der Waals surface area (Å²) in [5, 5.41) is 4.16. The Morgan fingerprint density at radius 1 is 1.22 bits per heavy atom. The molecule has 2 atom stereocenters. The van der Waals surface area contributed by atoms with Gasteiger partial charge in [0, 0.05) is 24.0 Å². The molecular formula is C17H23Cl2N3O. The average Bonchev–Trinajstić information content (AvgIpc) is 3.01. The number of fused-ring (bicyclic) bond motifs is 1. The third-order valence-corrected chi connectivity index (χ3v) is 4.47. The first-order chi connectivity index (χ1) is 10.3. The number of para-hydroxylation sites is 1. The van der Waals surface area contributed by atoms with Crippen molar-refractivity contribution in [3.8, 4) is 0 Å². The third-order valence-electron chi connectivity index (χ3n) is 4.47. The van der Waals surface area contributed by atoms with E-state index in [9.17, 15) is 4.79 Å². The van der Waals surface area contributed by atoms with Gasteiger partial charge in [-0.05, 0) is 36.9 Å². The molecule has 0 bridgehead atoms. The molecular weight excluding hydrogens is 333 g/mol. The van der Waals surface area contributed by atoms with Crippen LogP contribution in [-0.4, -0.2) is 17.4 Å². The highest BCUT2D eigenvalue weighted by molar-refractivity contribution is 5.85. The van der Waals surface area contributed by atoms with Gasteiger partial charge >= 0.3 is 0 Å². The van der Waals surface area contributed by atoms with Gasteiger partial charge in [0.25, 0.3) is 0 Å². The van der Waals surface area contributed by atoms with E-state index in [1.807, 2.05) is 30.3 Å². The molecule has 23 heavy (non-hydrogen) atoms. The Morgan fingerprint density at radius 2 is 2.00 bits per heavy atom. The maximum atomic E-state index is 12.3. The van der Waals surface area contributed by atoms with Crippen molar-refractivity contribution < 1.29 is 4.79 Å². The van der Waals surface area contributed by atoms with Crippen molar-refractivity contribution in [3.63, 3.8) is 0 Å². The molecule has 1 aliphatic carbocycles. The number of benzene rings is 1. The first kappa shape index (κ1) is 19.7. The number of carbonyl (C=O) groups excluding carboxylic acids is 1. The highest BCUT2D eigenvalue weighted by Crippen LogP contribution is 2.31. The van der Waals surface area contributed by atoms with Gasteiger partial charge in [-0.1, -0.05) is 30.7 Å². The molecule has 6 heteroatoms. The van der Waals surface area contributed by atoms with E-state index < -0.39 is 0 Å². The lowest BCUT2D eigenvalue weighted by molar-refractivity contribution is -0.126. The second-order valence-electron chi connectivity index (χ2n) is 5.74. The molecule has 1 fully saturated rings. The van der Waals surface area contributed by atoms with Gasteiger partial charge in [-0.3, -0.25) is 9.78 Å². The van der Waals surface area contributed by atoms with Crippen LogP contribution in [0.1, 0.15) is 24.8 Å². The van der Waals surface area contributed by atoms with Crippen molar-refractivity contribution in [2.75, 3.05) is 6.54 Å². The summed E-state index contributed by atoms with van der Waals surface area (Å²) in [6, 6.07) is 10.0. The van der Waals surface area contributed by atoms with E-state index in [4.69, 9.17) is 5.73 Å². The van der Waals surface area contributed by atoms with E-state index >= 15 is 0 Å². The minimum Gasteiger partial charge on any atom is -0.352 e. The number of amides is 1. The van der Waals surface area contributed by atoms with E-state index in [1.165, 1.54) is 0 Å². The Hall–Kier alpha value is -1.36. The molecule has 0 radical (unpaired) electrons. The Balaban J connectivity index is 0.00000132. The molecule has 2 aromatic rings. The maximum absolute atomic E-state index is 12.3.